The molecule has 0 aliphatic carbocycles. The average Bonchev–Trinajstić information content (AvgIpc) is 3.01. The molecular formula is C16H17N3O3. The number of benzene rings is 1. The molecule has 0 fully saturated rings. The van der Waals surface area contributed by atoms with Crippen LogP contribution in [0.1, 0.15) is 24.1 Å². The number of carbonyl (C=O) groups excluding carboxylic acids is 1. The molecule has 0 saturated heterocycles. The molecule has 1 aliphatic rings. The smallest absolute Gasteiger partial charge is 0.315 e. The van der Waals surface area contributed by atoms with Gasteiger partial charge in [-0.3, -0.25) is 4.98 Å². The molecule has 2 aromatic rings. The van der Waals surface area contributed by atoms with Crippen molar-refractivity contribution in [1.29, 1.82) is 0 Å². The minimum absolute atomic E-state index is 0.132. The molecule has 0 radical (unpaired) electrons. The van der Waals surface area contributed by atoms with Gasteiger partial charge in [0, 0.05) is 18.9 Å². The molecule has 1 aromatic carbocycles. The number of rotatable bonds is 4. The van der Waals surface area contributed by atoms with Crippen LogP contribution in [0.5, 0.6) is 11.5 Å². The van der Waals surface area contributed by atoms with E-state index in [4.69, 9.17) is 9.47 Å². The Morgan fingerprint density at radius 1 is 1.23 bits per heavy atom. The molecule has 114 valence electrons. The second-order valence-corrected chi connectivity index (χ2v) is 5.02. The van der Waals surface area contributed by atoms with E-state index in [1.165, 1.54) is 0 Å². The minimum Gasteiger partial charge on any atom is -0.454 e. The lowest BCUT2D eigenvalue weighted by atomic mass is 10.1. The summed E-state index contributed by atoms with van der Waals surface area (Å²) in [6, 6.07) is 9.03. The van der Waals surface area contributed by atoms with Gasteiger partial charge in [0.2, 0.25) is 6.79 Å². The number of hydrogen-bond donors (Lipinski definition) is 2. The van der Waals surface area contributed by atoms with Gasteiger partial charge >= 0.3 is 6.03 Å². The average molecular weight is 299 g/mol. The summed E-state index contributed by atoms with van der Waals surface area (Å²) < 4.78 is 10.6. The first kappa shape index (κ1) is 14.2. The summed E-state index contributed by atoms with van der Waals surface area (Å²) in [7, 11) is 0. The van der Waals surface area contributed by atoms with Crippen LogP contribution in [0.2, 0.25) is 0 Å². The highest BCUT2D eigenvalue weighted by Gasteiger charge is 2.16. The molecule has 0 saturated carbocycles. The number of ether oxygens (including phenoxy) is 2. The highest BCUT2D eigenvalue weighted by Crippen LogP contribution is 2.34. The lowest BCUT2D eigenvalue weighted by Crippen LogP contribution is -2.36. The predicted octanol–water partition coefficient (Wildman–Crippen LogP) is 2.37. The first-order chi connectivity index (χ1) is 10.7. The molecule has 0 bridgehead atoms. The van der Waals surface area contributed by atoms with Crippen molar-refractivity contribution in [3.8, 4) is 11.5 Å². The zero-order chi connectivity index (χ0) is 15.4. The number of carbonyl (C=O) groups is 1. The highest BCUT2D eigenvalue weighted by molar-refractivity contribution is 5.74. The lowest BCUT2D eigenvalue weighted by molar-refractivity contribution is 0.174. The molecule has 1 aliphatic heterocycles. The molecule has 6 heteroatoms. The van der Waals surface area contributed by atoms with Crippen molar-refractivity contribution in [2.75, 3.05) is 6.79 Å². The molecule has 1 atom stereocenters. The Morgan fingerprint density at radius 2 is 2.00 bits per heavy atom. The van der Waals surface area contributed by atoms with E-state index in [1.807, 2.05) is 37.3 Å². The van der Waals surface area contributed by atoms with Crippen LogP contribution >= 0.6 is 0 Å². The van der Waals surface area contributed by atoms with Crippen molar-refractivity contribution in [2.24, 2.45) is 0 Å². The first-order valence-electron chi connectivity index (χ1n) is 7.05. The molecular weight excluding hydrogens is 282 g/mol. The maximum Gasteiger partial charge on any atom is 0.315 e. The van der Waals surface area contributed by atoms with E-state index in [2.05, 4.69) is 15.6 Å². The summed E-state index contributed by atoms with van der Waals surface area (Å²) in [5.74, 6) is 1.45. The van der Waals surface area contributed by atoms with Crippen LogP contribution in [0.15, 0.2) is 42.7 Å². The van der Waals surface area contributed by atoms with Crippen LogP contribution in [0, 0.1) is 0 Å². The first-order valence-corrected chi connectivity index (χ1v) is 7.05. The number of amides is 2. The Labute approximate surface area is 128 Å². The van der Waals surface area contributed by atoms with E-state index >= 15 is 0 Å². The third-order valence-electron chi connectivity index (χ3n) is 3.45. The monoisotopic (exact) mass is 299 g/mol. The van der Waals surface area contributed by atoms with Crippen molar-refractivity contribution in [1.82, 2.24) is 15.6 Å². The fourth-order valence-corrected chi connectivity index (χ4v) is 2.20. The van der Waals surface area contributed by atoms with Crippen molar-refractivity contribution >= 4 is 6.03 Å². The largest absolute Gasteiger partial charge is 0.454 e. The summed E-state index contributed by atoms with van der Waals surface area (Å²) in [5.41, 5.74) is 1.96. The second kappa shape index (κ2) is 6.34. The number of pyridine rings is 1. The Kier molecular flexibility index (Phi) is 4.09. The summed E-state index contributed by atoms with van der Waals surface area (Å²) in [4.78, 5) is 15.9. The zero-order valence-electron chi connectivity index (χ0n) is 12.2. The maximum atomic E-state index is 11.9. The fraction of sp³-hybridized carbons (Fsp3) is 0.250. The normalized spacial score (nSPS) is 13.5. The van der Waals surface area contributed by atoms with Crippen LogP contribution in [0.25, 0.3) is 0 Å². The molecule has 2 heterocycles. The molecule has 3 rings (SSSR count). The van der Waals surface area contributed by atoms with Gasteiger partial charge in [0.25, 0.3) is 0 Å². The van der Waals surface area contributed by atoms with Crippen LogP contribution < -0.4 is 20.1 Å². The molecule has 6 nitrogen and oxygen atoms in total. The minimum atomic E-state index is -0.220. The van der Waals surface area contributed by atoms with Crippen LogP contribution in [-0.4, -0.2) is 17.8 Å². The molecule has 0 spiro atoms. The van der Waals surface area contributed by atoms with Gasteiger partial charge in [0.05, 0.1) is 6.04 Å². The van der Waals surface area contributed by atoms with Crippen molar-refractivity contribution < 1.29 is 14.3 Å². The van der Waals surface area contributed by atoms with Crippen molar-refractivity contribution in [3.63, 3.8) is 0 Å². The number of nitrogens with one attached hydrogen (secondary N) is 2. The molecule has 1 aromatic heterocycles. The quantitative estimate of drug-likeness (QED) is 0.909. The van der Waals surface area contributed by atoms with E-state index < -0.39 is 0 Å². The van der Waals surface area contributed by atoms with Crippen molar-refractivity contribution in [3.05, 3.63) is 53.9 Å². The van der Waals surface area contributed by atoms with Gasteiger partial charge in [-0.05, 0) is 42.3 Å². The van der Waals surface area contributed by atoms with Gasteiger partial charge in [-0.2, -0.15) is 0 Å². The number of aromatic nitrogens is 1. The fourth-order valence-electron chi connectivity index (χ4n) is 2.20. The Balaban J connectivity index is 1.55. The summed E-state index contributed by atoms with van der Waals surface area (Å²) in [6.45, 7) is 2.62. The summed E-state index contributed by atoms with van der Waals surface area (Å²) in [6.07, 6.45) is 3.40. The number of fused-ring (bicyclic) bond motifs is 1. The molecule has 2 N–H and O–H groups in total. The van der Waals surface area contributed by atoms with E-state index in [1.54, 1.807) is 12.4 Å². The number of hydrogen-bond acceptors (Lipinski definition) is 4. The molecule has 22 heavy (non-hydrogen) atoms. The Hall–Kier alpha value is -2.76. The van der Waals surface area contributed by atoms with Gasteiger partial charge in [0.1, 0.15) is 0 Å². The standard InChI is InChI=1S/C16H17N3O3/c1-11(13-2-3-14-15(8-13)22-10-21-14)19-16(20)18-9-12-4-6-17-7-5-12/h2-8,11H,9-10H2,1H3,(H2,18,19,20)/t11-/m1/s1. The second-order valence-electron chi connectivity index (χ2n) is 5.02. The van der Waals surface area contributed by atoms with E-state index in [0.717, 1.165) is 16.9 Å². The van der Waals surface area contributed by atoms with E-state index in [-0.39, 0.29) is 18.9 Å². The van der Waals surface area contributed by atoms with Crippen LogP contribution in [-0.2, 0) is 6.54 Å². The Bertz CT molecular complexity index is 661. The Morgan fingerprint density at radius 3 is 2.82 bits per heavy atom. The summed E-state index contributed by atoms with van der Waals surface area (Å²) in [5, 5.41) is 5.71. The number of urea groups is 1. The third-order valence-corrected chi connectivity index (χ3v) is 3.45. The van der Waals surface area contributed by atoms with Gasteiger partial charge in [0.15, 0.2) is 11.5 Å². The van der Waals surface area contributed by atoms with Gasteiger partial charge in [-0.1, -0.05) is 6.07 Å². The topological polar surface area (TPSA) is 72.5 Å². The predicted molar refractivity (Wildman–Crippen MR) is 80.6 cm³/mol. The molecule has 0 unspecified atom stereocenters. The summed E-state index contributed by atoms with van der Waals surface area (Å²) >= 11 is 0. The van der Waals surface area contributed by atoms with Gasteiger partial charge in [-0.15, -0.1) is 0 Å². The number of nitrogens with zero attached hydrogens (tertiary/aromatic N) is 1. The van der Waals surface area contributed by atoms with E-state index in [9.17, 15) is 4.79 Å². The zero-order valence-corrected chi connectivity index (χ0v) is 12.2. The van der Waals surface area contributed by atoms with Gasteiger partial charge < -0.3 is 20.1 Å². The molecule has 2 amide bonds. The van der Waals surface area contributed by atoms with Crippen molar-refractivity contribution in [2.45, 2.75) is 19.5 Å². The third kappa shape index (κ3) is 3.28. The van der Waals surface area contributed by atoms with E-state index in [0.29, 0.717) is 12.3 Å². The van der Waals surface area contributed by atoms with Crippen LogP contribution in [0.4, 0.5) is 4.79 Å². The highest BCUT2D eigenvalue weighted by atomic mass is 16.7. The van der Waals surface area contributed by atoms with Gasteiger partial charge in [-0.25, -0.2) is 4.79 Å². The van der Waals surface area contributed by atoms with Crippen LogP contribution in [0.3, 0.4) is 0 Å². The lowest BCUT2D eigenvalue weighted by Gasteiger charge is -2.15. The maximum absolute atomic E-state index is 11.9. The SMILES string of the molecule is C[C@@H](NC(=O)NCc1ccncc1)c1ccc2c(c1)OCO2.